The lowest BCUT2D eigenvalue weighted by Crippen LogP contribution is -2.06. The monoisotopic (exact) mass is 362 g/mol. The molecular weight excluding hydrogens is 351 g/mol. The van der Waals surface area contributed by atoms with Gasteiger partial charge in [-0.3, -0.25) is 4.98 Å². The number of hydrogen-bond donors (Lipinski definition) is 1. The van der Waals surface area contributed by atoms with Crippen molar-refractivity contribution in [2.24, 2.45) is 0 Å². The highest BCUT2D eigenvalue weighted by Gasteiger charge is 2.22. The predicted octanol–water partition coefficient (Wildman–Crippen LogP) is 4.31. The normalized spacial score (nSPS) is 10.9. The van der Waals surface area contributed by atoms with Crippen LogP contribution < -0.4 is 0 Å². The molecule has 0 aliphatic heterocycles. The van der Waals surface area contributed by atoms with E-state index in [0.29, 0.717) is 26.6 Å². The third-order valence-corrected chi connectivity index (χ3v) is 3.85. The second-order valence-corrected chi connectivity index (χ2v) is 5.48. The molecule has 1 aromatic carbocycles. The van der Waals surface area contributed by atoms with E-state index in [9.17, 15) is 9.18 Å². The predicted molar refractivity (Wildman–Crippen MR) is 85.1 cm³/mol. The van der Waals surface area contributed by atoms with Gasteiger partial charge >= 0.3 is 5.97 Å². The molecule has 0 spiro atoms. The van der Waals surface area contributed by atoms with Crippen molar-refractivity contribution in [3.8, 4) is 11.3 Å². The molecule has 0 bridgehead atoms. The van der Waals surface area contributed by atoms with E-state index in [1.165, 1.54) is 6.07 Å². The highest BCUT2D eigenvalue weighted by molar-refractivity contribution is 9.10. The zero-order valence-corrected chi connectivity index (χ0v) is 13.3. The van der Waals surface area contributed by atoms with Crippen LogP contribution >= 0.6 is 15.9 Å². The molecule has 1 N–H and O–H groups in total. The number of carbonyl (C=O) groups is 1. The number of ether oxygens (including phenoxy) is 1. The first-order chi connectivity index (χ1) is 10.6. The summed E-state index contributed by atoms with van der Waals surface area (Å²) < 4.78 is 19.1. The molecule has 2 aromatic heterocycles. The van der Waals surface area contributed by atoms with Crippen molar-refractivity contribution < 1.29 is 13.9 Å². The van der Waals surface area contributed by atoms with Crippen LogP contribution in [0.1, 0.15) is 17.4 Å². The number of aromatic nitrogens is 2. The van der Waals surface area contributed by atoms with Crippen LogP contribution in [0, 0.1) is 5.82 Å². The Morgan fingerprint density at radius 1 is 1.41 bits per heavy atom. The summed E-state index contributed by atoms with van der Waals surface area (Å²) in [5, 5.41) is 0.704. The number of nitrogens with one attached hydrogen (secondary N) is 1. The molecule has 22 heavy (non-hydrogen) atoms. The number of pyridine rings is 1. The van der Waals surface area contributed by atoms with E-state index in [1.54, 1.807) is 31.3 Å². The van der Waals surface area contributed by atoms with Gasteiger partial charge in [-0.2, -0.15) is 0 Å². The Kier molecular flexibility index (Phi) is 3.94. The molecule has 0 radical (unpaired) electrons. The van der Waals surface area contributed by atoms with E-state index in [-0.39, 0.29) is 12.3 Å². The molecule has 0 saturated carbocycles. The average molecular weight is 363 g/mol. The number of carbonyl (C=O) groups excluding carboxylic acids is 1. The molecule has 0 atom stereocenters. The SMILES string of the molecule is CCOC(=O)c1[nH]c2cc(F)c(Br)cc2c1-c1ccccn1. The van der Waals surface area contributed by atoms with Gasteiger partial charge in [-0.05, 0) is 47.1 Å². The van der Waals surface area contributed by atoms with E-state index in [0.717, 1.165) is 0 Å². The van der Waals surface area contributed by atoms with Crippen LogP contribution in [0.5, 0.6) is 0 Å². The number of benzene rings is 1. The van der Waals surface area contributed by atoms with E-state index in [2.05, 4.69) is 25.9 Å². The molecule has 0 saturated heterocycles. The summed E-state index contributed by atoms with van der Waals surface area (Å²) in [4.78, 5) is 19.4. The van der Waals surface area contributed by atoms with Crippen LogP contribution in [0.25, 0.3) is 22.2 Å². The standard InChI is InChI=1S/C16H12BrFN2O2/c1-2-22-16(21)15-14(12-5-3-4-6-19-12)9-7-10(17)11(18)8-13(9)20-15/h3-8,20H,2H2,1H3. The van der Waals surface area contributed by atoms with Gasteiger partial charge in [-0.25, -0.2) is 9.18 Å². The molecule has 3 aromatic rings. The lowest BCUT2D eigenvalue weighted by molar-refractivity contribution is 0.0521. The molecule has 3 rings (SSSR count). The number of fused-ring (bicyclic) bond motifs is 1. The van der Waals surface area contributed by atoms with Crippen molar-refractivity contribution in [2.45, 2.75) is 6.92 Å². The lowest BCUT2D eigenvalue weighted by atomic mass is 10.1. The molecule has 0 amide bonds. The van der Waals surface area contributed by atoms with Gasteiger partial charge in [0.15, 0.2) is 0 Å². The molecule has 0 unspecified atom stereocenters. The summed E-state index contributed by atoms with van der Waals surface area (Å²) in [7, 11) is 0. The van der Waals surface area contributed by atoms with E-state index < -0.39 is 11.8 Å². The number of H-pyrrole nitrogens is 1. The van der Waals surface area contributed by atoms with Crippen LogP contribution in [0.2, 0.25) is 0 Å². The third-order valence-electron chi connectivity index (χ3n) is 3.24. The van der Waals surface area contributed by atoms with Crippen molar-refractivity contribution in [3.63, 3.8) is 0 Å². The first kappa shape index (κ1) is 14.7. The van der Waals surface area contributed by atoms with Crippen molar-refractivity contribution in [2.75, 3.05) is 6.61 Å². The summed E-state index contributed by atoms with van der Waals surface area (Å²) in [6.07, 6.45) is 1.64. The Balaban J connectivity index is 2.32. The Morgan fingerprint density at radius 2 is 2.23 bits per heavy atom. The Hall–Kier alpha value is -2.21. The maximum Gasteiger partial charge on any atom is 0.355 e. The molecule has 6 heteroatoms. The number of aromatic amines is 1. The minimum atomic E-state index is -0.490. The van der Waals surface area contributed by atoms with Gasteiger partial charge in [0.25, 0.3) is 0 Å². The molecule has 112 valence electrons. The van der Waals surface area contributed by atoms with Crippen LogP contribution in [0.4, 0.5) is 4.39 Å². The number of nitrogens with zero attached hydrogens (tertiary/aromatic N) is 1. The fourth-order valence-electron chi connectivity index (χ4n) is 2.32. The van der Waals surface area contributed by atoms with Crippen molar-refractivity contribution in [3.05, 3.63) is 52.5 Å². The minimum Gasteiger partial charge on any atom is -0.461 e. The Bertz CT molecular complexity index is 846. The first-order valence-electron chi connectivity index (χ1n) is 6.71. The summed E-state index contributed by atoms with van der Waals surface area (Å²) >= 11 is 3.17. The highest BCUT2D eigenvalue weighted by Crippen LogP contribution is 2.34. The van der Waals surface area contributed by atoms with Gasteiger partial charge in [0.1, 0.15) is 11.5 Å². The summed E-state index contributed by atoms with van der Waals surface area (Å²) in [5.74, 6) is -0.896. The zero-order valence-electron chi connectivity index (χ0n) is 11.7. The van der Waals surface area contributed by atoms with Crippen LogP contribution in [-0.2, 0) is 4.74 Å². The summed E-state index contributed by atoms with van der Waals surface area (Å²) in [6, 6.07) is 8.39. The Labute approximate surface area is 134 Å². The third kappa shape index (κ3) is 2.50. The van der Waals surface area contributed by atoms with Crippen LogP contribution in [0.3, 0.4) is 0 Å². The lowest BCUT2D eigenvalue weighted by Gasteiger charge is -2.04. The second-order valence-electron chi connectivity index (χ2n) is 4.62. The number of halogens is 2. The Morgan fingerprint density at radius 3 is 2.91 bits per heavy atom. The van der Waals surface area contributed by atoms with Crippen molar-refractivity contribution in [1.82, 2.24) is 9.97 Å². The number of esters is 1. The number of hydrogen-bond acceptors (Lipinski definition) is 3. The van der Waals surface area contributed by atoms with Crippen LogP contribution in [-0.4, -0.2) is 22.5 Å². The average Bonchev–Trinajstić information content (AvgIpc) is 2.87. The summed E-state index contributed by atoms with van der Waals surface area (Å²) in [6.45, 7) is 1.99. The zero-order chi connectivity index (χ0) is 15.7. The largest absolute Gasteiger partial charge is 0.461 e. The molecule has 0 fully saturated rings. The summed E-state index contributed by atoms with van der Waals surface area (Å²) in [5.41, 5.74) is 2.02. The number of rotatable bonds is 3. The minimum absolute atomic E-state index is 0.258. The molecule has 4 nitrogen and oxygen atoms in total. The van der Waals surface area contributed by atoms with Gasteiger partial charge in [0.05, 0.1) is 16.8 Å². The van der Waals surface area contributed by atoms with E-state index >= 15 is 0 Å². The second kappa shape index (κ2) is 5.88. The van der Waals surface area contributed by atoms with Gasteiger partial charge in [0.2, 0.25) is 0 Å². The van der Waals surface area contributed by atoms with Crippen LogP contribution in [0.15, 0.2) is 41.0 Å². The first-order valence-corrected chi connectivity index (χ1v) is 7.50. The highest BCUT2D eigenvalue weighted by atomic mass is 79.9. The van der Waals surface area contributed by atoms with Crippen molar-refractivity contribution >= 4 is 32.8 Å². The van der Waals surface area contributed by atoms with E-state index in [4.69, 9.17) is 4.74 Å². The fraction of sp³-hybridized carbons (Fsp3) is 0.125. The molecule has 0 aliphatic carbocycles. The van der Waals surface area contributed by atoms with Gasteiger partial charge < -0.3 is 9.72 Å². The molecule has 0 aliphatic rings. The van der Waals surface area contributed by atoms with Gasteiger partial charge in [0, 0.05) is 22.7 Å². The maximum absolute atomic E-state index is 13.7. The van der Waals surface area contributed by atoms with Crippen molar-refractivity contribution in [1.29, 1.82) is 0 Å². The van der Waals surface area contributed by atoms with E-state index in [1.807, 2.05) is 6.07 Å². The van der Waals surface area contributed by atoms with Gasteiger partial charge in [-0.15, -0.1) is 0 Å². The smallest absolute Gasteiger partial charge is 0.355 e. The van der Waals surface area contributed by atoms with Gasteiger partial charge in [-0.1, -0.05) is 6.07 Å². The molecule has 2 heterocycles. The molecular formula is C16H12BrFN2O2. The quantitative estimate of drug-likeness (QED) is 0.706. The topological polar surface area (TPSA) is 55.0 Å². The fourth-order valence-corrected chi connectivity index (χ4v) is 2.67. The maximum atomic E-state index is 13.7.